The molecule has 0 radical (unpaired) electrons. The lowest BCUT2D eigenvalue weighted by molar-refractivity contribution is -0.00000184. The quantitative estimate of drug-likeness (QED) is 0.429. The molecule has 1 heterocycles. The van der Waals surface area contributed by atoms with E-state index in [4.69, 9.17) is 0 Å². The van der Waals surface area contributed by atoms with Gasteiger partial charge in [0.25, 0.3) is 0 Å². The van der Waals surface area contributed by atoms with Gasteiger partial charge < -0.3 is 12.4 Å². The zero-order valence-electron chi connectivity index (χ0n) is 6.06. The third-order valence-corrected chi connectivity index (χ3v) is 4.59. The van der Waals surface area contributed by atoms with Crippen LogP contribution in [0.25, 0.3) is 0 Å². The van der Waals surface area contributed by atoms with E-state index in [1.807, 2.05) is 0 Å². The Kier molecular flexibility index (Phi) is 2.92. The molecule has 2 heteroatoms. The predicted molar refractivity (Wildman–Crippen MR) is 41.7 cm³/mol. The highest BCUT2D eigenvalue weighted by Gasteiger charge is 2.26. The normalized spacial score (nSPS) is 21.0. The van der Waals surface area contributed by atoms with Crippen LogP contribution >= 0.6 is 7.26 Å². The van der Waals surface area contributed by atoms with Crippen LogP contribution in [-0.2, 0) is 0 Å². The van der Waals surface area contributed by atoms with Gasteiger partial charge in [-0.05, 0) is 19.1 Å². The van der Waals surface area contributed by atoms with E-state index < -0.39 is 7.26 Å². The Labute approximate surface area is 63.8 Å². The molecule has 9 heavy (non-hydrogen) atoms. The molecule has 0 aromatic heterocycles. The molecule has 0 saturated carbocycles. The highest BCUT2D eigenvalue weighted by atomic mass is 35.5. The third-order valence-electron chi connectivity index (χ3n) is 1.71. The highest BCUT2D eigenvalue weighted by Crippen LogP contribution is 2.62. The molecule has 0 nitrogen and oxygen atoms in total. The lowest BCUT2D eigenvalue weighted by Gasteiger charge is -2.06. The van der Waals surface area contributed by atoms with Crippen LogP contribution in [0.15, 0.2) is 23.3 Å². The summed E-state index contributed by atoms with van der Waals surface area (Å²) in [4.78, 5) is 0. The second-order valence-corrected chi connectivity index (χ2v) is 6.77. The van der Waals surface area contributed by atoms with Crippen molar-refractivity contribution < 1.29 is 12.4 Å². The molecule has 1 rings (SSSR count). The molecule has 1 aliphatic heterocycles. The molecule has 0 saturated heterocycles. The standard InChI is InChI=1S/C7H12P.ClH/c1-7-5-4-6-8(7,2)3;/h4-6H,1-3H3;1H/q+1;/p-1. The molecule has 0 aromatic rings. The van der Waals surface area contributed by atoms with E-state index in [1.54, 1.807) is 5.31 Å². The van der Waals surface area contributed by atoms with Gasteiger partial charge in [-0.2, -0.15) is 0 Å². The van der Waals surface area contributed by atoms with Crippen LogP contribution in [0.4, 0.5) is 0 Å². The Hall–Kier alpha value is 0.200. The van der Waals surface area contributed by atoms with Crippen LogP contribution < -0.4 is 12.4 Å². The van der Waals surface area contributed by atoms with E-state index in [0.717, 1.165) is 0 Å². The zero-order chi connectivity index (χ0) is 6.20. The lowest BCUT2D eigenvalue weighted by Crippen LogP contribution is -3.00. The Morgan fingerprint density at radius 1 is 1.33 bits per heavy atom. The van der Waals surface area contributed by atoms with Gasteiger partial charge in [-0.15, -0.1) is 0 Å². The van der Waals surface area contributed by atoms with Crippen LogP contribution in [0.5, 0.6) is 0 Å². The summed E-state index contributed by atoms with van der Waals surface area (Å²) in [5.41, 5.74) is 0. The number of hydrogen-bond acceptors (Lipinski definition) is 0. The van der Waals surface area contributed by atoms with Crippen molar-refractivity contribution in [2.45, 2.75) is 6.92 Å². The van der Waals surface area contributed by atoms with Crippen molar-refractivity contribution in [3.63, 3.8) is 0 Å². The molecule has 0 aliphatic carbocycles. The number of rotatable bonds is 0. The number of halogens is 1. The maximum absolute atomic E-state index is 2.34. The van der Waals surface area contributed by atoms with Crippen LogP contribution in [0.3, 0.4) is 0 Å². The molecule has 0 bridgehead atoms. The predicted octanol–water partition coefficient (Wildman–Crippen LogP) is -0.301. The first-order valence-corrected chi connectivity index (χ1v) is 5.58. The van der Waals surface area contributed by atoms with Crippen LogP contribution in [0.1, 0.15) is 6.92 Å². The summed E-state index contributed by atoms with van der Waals surface area (Å²) in [5.74, 6) is 2.34. The maximum Gasteiger partial charge on any atom is 0.0726 e. The van der Waals surface area contributed by atoms with Gasteiger partial charge in [0.2, 0.25) is 0 Å². The Balaban J connectivity index is 0.000000640. The first-order valence-electron chi connectivity index (χ1n) is 2.83. The Bertz CT molecular complexity index is 156. The molecular weight excluding hydrogens is 151 g/mol. The van der Waals surface area contributed by atoms with Gasteiger partial charge in [0.15, 0.2) is 0 Å². The molecule has 0 fully saturated rings. The second-order valence-electron chi connectivity index (χ2n) is 2.69. The number of hydrogen-bond donors (Lipinski definition) is 0. The molecule has 52 valence electrons. The molecular formula is C7H12ClP. The van der Waals surface area contributed by atoms with E-state index in [-0.39, 0.29) is 12.4 Å². The van der Waals surface area contributed by atoms with Crippen LogP contribution in [-0.4, -0.2) is 13.3 Å². The minimum absolute atomic E-state index is 0. The lowest BCUT2D eigenvalue weighted by atomic mass is 10.5. The van der Waals surface area contributed by atoms with Gasteiger partial charge in [-0.1, -0.05) is 0 Å². The summed E-state index contributed by atoms with van der Waals surface area (Å²) in [7, 11) is -0.704. The second kappa shape index (κ2) is 2.86. The Morgan fingerprint density at radius 3 is 2.00 bits per heavy atom. The minimum Gasteiger partial charge on any atom is -1.00 e. The smallest absolute Gasteiger partial charge is 0.0726 e. The molecule has 0 aromatic carbocycles. The minimum atomic E-state index is -0.704. The average Bonchev–Trinajstić information content (AvgIpc) is 1.86. The van der Waals surface area contributed by atoms with Crippen molar-refractivity contribution in [1.29, 1.82) is 0 Å². The van der Waals surface area contributed by atoms with Crippen molar-refractivity contribution in [1.82, 2.24) is 0 Å². The molecule has 0 atom stereocenters. The largest absolute Gasteiger partial charge is 1.00 e. The van der Waals surface area contributed by atoms with E-state index in [1.165, 1.54) is 0 Å². The van der Waals surface area contributed by atoms with Crippen molar-refractivity contribution in [3.8, 4) is 0 Å². The van der Waals surface area contributed by atoms with Gasteiger partial charge in [-0.25, -0.2) is 0 Å². The summed E-state index contributed by atoms with van der Waals surface area (Å²) in [6, 6.07) is 0. The van der Waals surface area contributed by atoms with Gasteiger partial charge in [-0.3, -0.25) is 0 Å². The average molecular weight is 163 g/mol. The van der Waals surface area contributed by atoms with Gasteiger partial charge >= 0.3 is 0 Å². The van der Waals surface area contributed by atoms with Crippen molar-refractivity contribution >= 4 is 7.26 Å². The van der Waals surface area contributed by atoms with Crippen LogP contribution in [0.2, 0.25) is 0 Å². The monoisotopic (exact) mass is 162 g/mol. The first-order chi connectivity index (χ1) is 3.63. The summed E-state index contributed by atoms with van der Waals surface area (Å²) in [5, 5.41) is 1.57. The van der Waals surface area contributed by atoms with Crippen molar-refractivity contribution in [2.24, 2.45) is 0 Å². The van der Waals surface area contributed by atoms with E-state index in [0.29, 0.717) is 0 Å². The van der Waals surface area contributed by atoms with E-state index >= 15 is 0 Å². The van der Waals surface area contributed by atoms with Gasteiger partial charge in [0.05, 0.1) is 31.7 Å². The summed E-state index contributed by atoms with van der Waals surface area (Å²) in [6.45, 7) is 6.89. The molecule has 0 spiro atoms. The molecule has 0 N–H and O–H groups in total. The van der Waals surface area contributed by atoms with Crippen molar-refractivity contribution in [2.75, 3.05) is 13.3 Å². The summed E-state index contributed by atoms with van der Waals surface area (Å²) >= 11 is 0. The molecule has 1 aliphatic rings. The van der Waals surface area contributed by atoms with Crippen molar-refractivity contribution in [3.05, 3.63) is 23.3 Å². The van der Waals surface area contributed by atoms with Gasteiger partial charge in [0.1, 0.15) is 0 Å². The zero-order valence-corrected chi connectivity index (χ0v) is 7.71. The summed E-state index contributed by atoms with van der Waals surface area (Å²) in [6.07, 6.45) is 4.39. The SMILES string of the molecule is CC1=CC=C[P+]1(C)C.[Cl-]. The topological polar surface area (TPSA) is 0 Å². The maximum atomic E-state index is 2.34. The van der Waals surface area contributed by atoms with E-state index in [2.05, 4.69) is 38.2 Å². The van der Waals surface area contributed by atoms with Crippen LogP contribution in [0, 0.1) is 0 Å². The third kappa shape index (κ3) is 1.81. The van der Waals surface area contributed by atoms with E-state index in [9.17, 15) is 0 Å². The molecule has 0 amide bonds. The fourth-order valence-corrected chi connectivity index (χ4v) is 1.93. The highest BCUT2D eigenvalue weighted by molar-refractivity contribution is 7.81. The number of allylic oxidation sites excluding steroid dienone is 3. The molecule has 0 unspecified atom stereocenters. The fourth-order valence-electron chi connectivity index (χ4n) is 0.707. The summed E-state index contributed by atoms with van der Waals surface area (Å²) < 4.78 is 0. The Morgan fingerprint density at radius 2 is 1.89 bits per heavy atom. The first kappa shape index (κ1) is 9.20. The van der Waals surface area contributed by atoms with Gasteiger partial charge in [0, 0.05) is 0 Å². The fraction of sp³-hybridized carbons (Fsp3) is 0.429.